The van der Waals surface area contributed by atoms with Crippen LogP contribution in [-0.4, -0.2) is 25.5 Å². The lowest BCUT2D eigenvalue weighted by Crippen LogP contribution is -2.38. The van der Waals surface area contributed by atoms with Crippen LogP contribution in [0.15, 0.2) is 45.2 Å². The van der Waals surface area contributed by atoms with Crippen molar-refractivity contribution in [3.63, 3.8) is 0 Å². The van der Waals surface area contributed by atoms with E-state index >= 15 is 0 Å². The van der Waals surface area contributed by atoms with E-state index < -0.39 is 5.92 Å². The van der Waals surface area contributed by atoms with Crippen LogP contribution in [0.3, 0.4) is 0 Å². The van der Waals surface area contributed by atoms with Crippen molar-refractivity contribution in [2.24, 2.45) is 5.41 Å². The summed E-state index contributed by atoms with van der Waals surface area (Å²) in [5.41, 5.74) is 3.60. The third-order valence-corrected chi connectivity index (χ3v) is 6.32. The van der Waals surface area contributed by atoms with Crippen molar-refractivity contribution in [2.75, 3.05) is 13.7 Å². The van der Waals surface area contributed by atoms with Crippen molar-refractivity contribution in [2.45, 2.75) is 59.3 Å². The molecule has 0 bridgehead atoms. The van der Waals surface area contributed by atoms with E-state index in [1.165, 1.54) is 0 Å². The van der Waals surface area contributed by atoms with Crippen LogP contribution >= 0.6 is 15.9 Å². The summed E-state index contributed by atoms with van der Waals surface area (Å²) in [4.78, 5) is 26.4. The number of hydrogen-bond donors (Lipinski definition) is 1. The van der Waals surface area contributed by atoms with Gasteiger partial charge in [0.2, 0.25) is 0 Å². The molecule has 1 aromatic carbocycles. The van der Waals surface area contributed by atoms with Gasteiger partial charge in [0.1, 0.15) is 5.75 Å². The van der Waals surface area contributed by atoms with Gasteiger partial charge in [-0.15, -0.1) is 0 Å². The molecule has 0 spiro atoms. The molecule has 0 fully saturated rings. The number of carbonyl (C=O) groups excluding carboxylic acids is 2. The minimum Gasteiger partial charge on any atom is -0.496 e. The second-order valence-electron chi connectivity index (χ2n) is 8.81. The van der Waals surface area contributed by atoms with Crippen LogP contribution < -0.4 is 10.1 Å². The molecule has 0 saturated carbocycles. The fourth-order valence-corrected chi connectivity index (χ4v) is 4.85. The number of allylic oxidation sites excluding steroid dienone is 3. The lowest BCUT2D eigenvalue weighted by Gasteiger charge is -2.39. The number of methoxy groups -OCH3 is 1. The minimum absolute atomic E-state index is 0.0806. The van der Waals surface area contributed by atoms with Crippen molar-refractivity contribution < 1.29 is 19.1 Å². The van der Waals surface area contributed by atoms with Crippen molar-refractivity contribution in [1.29, 1.82) is 0 Å². The van der Waals surface area contributed by atoms with Gasteiger partial charge < -0.3 is 14.8 Å². The Labute approximate surface area is 187 Å². The maximum atomic E-state index is 13.3. The molecule has 6 heteroatoms. The van der Waals surface area contributed by atoms with Crippen LogP contribution in [0.2, 0.25) is 0 Å². The molecule has 3 rings (SSSR count). The molecule has 30 heavy (non-hydrogen) atoms. The highest BCUT2D eigenvalue weighted by molar-refractivity contribution is 9.10. The first-order chi connectivity index (χ1) is 14.2. The van der Waals surface area contributed by atoms with Gasteiger partial charge in [-0.25, -0.2) is 4.79 Å². The molecule has 0 aromatic heterocycles. The molecule has 0 amide bonds. The van der Waals surface area contributed by atoms with E-state index in [2.05, 4.69) is 42.0 Å². The first kappa shape index (κ1) is 22.6. The SMILES string of the molecule is CCCCOC(=O)C1=C(C)NC2=C(C(=O)CC(C)(C)C2)[C@H]1c1ccc(OC)c(Br)c1. The van der Waals surface area contributed by atoms with Crippen LogP contribution in [-0.2, 0) is 14.3 Å². The molecule has 1 heterocycles. The number of benzene rings is 1. The molecule has 1 aliphatic carbocycles. The van der Waals surface area contributed by atoms with Gasteiger partial charge in [0.05, 0.1) is 23.8 Å². The topological polar surface area (TPSA) is 64.6 Å². The fourth-order valence-electron chi connectivity index (χ4n) is 4.29. The molecule has 1 atom stereocenters. The predicted molar refractivity (Wildman–Crippen MR) is 120 cm³/mol. The predicted octanol–water partition coefficient (Wildman–Crippen LogP) is 5.41. The van der Waals surface area contributed by atoms with Crippen LogP contribution in [0.4, 0.5) is 0 Å². The zero-order valence-electron chi connectivity index (χ0n) is 18.4. The Kier molecular flexibility index (Phi) is 6.75. The van der Waals surface area contributed by atoms with E-state index in [1.54, 1.807) is 7.11 Å². The number of hydrogen-bond acceptors (Lipinski definition) is 5. The first-order valence-corrected chi connectivity index (χ1v) is 11.2. The van der Waals surface area contributed by atoms with Crippen molar-refractivity contribution in [3.05, 3.63) is 50.8 Å². The van der Waals surface area contributed by atoms with Gasteiger partial charge in [0, 0.05) is 29.3 Å². The summed E-state index contributed by atoms with van der Waals surface area (Å²) < 4.78 is 11.7. The molecule has 5 nitrogen and oxygen atoms in total. The summed E-state index contributed by atoms with van der Waals surface area (Å²) in [6, 6.07) is 5.71. The first-order valence-electron chi connectivity index (χ1n) is 10.4. The van der Waals surface area contributed by atoms with E-state index in [0.29, 0.717) is 29.9 Å². The van der Waals surface area contributed by atoms with Crippen LogP contribution in [0.5, 0.6) is 5.75 Å². The van der Waals surface area contributed by atoms with Crippen molar-refractivity contribution >= 4 is 27.7 Å². The highest BCUT2D eigenvalue weighted by Crippen LogP contribution is 2.47. The van der Waals surface area contributed by atoms with Gasteiger partial charge in [-0.1, -0.05) is 33.3 Å². The van der Waals surface area contributed by atoms with Gasteiger partial charge in [-0.2, -0.15) is 0 Å². The zero-order valence-corrected chi connectivity index (χ0v) is 19.9. The highest BCUT2D eigenvalue weighted by Gasteiger charge is 2.43. The van der Waals surface area contributed by atoms with Gasteiger partial charge in [0.15, 0.2) is 5.78 Å². The fraction of sp³-hybridized carbons (Fsp3) is 0.500. The Morgan fingerprint density at radius 3 is 2.67 bits per heavy atom. The van der Waals surface area contributed by atoms with Crippen LogP contribution in [0, 0.1) is 5.41 Å². The monoisotopic (exact) mass is 475 g/mol. The molecule has 0 saturated heterocycles. The van der Waals surface area contributed by atoms with E-state index in [1.807, 2.05) is 25.1 Å². The van der Waals surface area contributed by atoms with Gasteiger partial charge in [-0.3, -0.25) is 4.79 Å². The van der Waals surface area contributed by atoms with E-state index in [0.717, 1.165) is 40.7 Å². The Morgan fingerprint density at radius 2 is 2.03 bits per heavy atom. The quantitative estimate of drug-likeness (QED) is 0.440. The third kappa shape index (κ3) is 4.48. The number of unbranched alkanes of at least 4 members (excludes halogenated alkanes) is 1. The van der Waals surface area contributed by atoms with Crippen molar-refractivity contribution in [1.82, 2.24) is 5.32 Å². The Hall–Kier alpha value is -2.08. The summed E-state index contributed by atoms with van der Waals surface area (Å²) in [6.45, 7) is 8.51. The molecule has 0 radical (unpaired) electrons. The largest absolute Gasteiger partial charge is 0.496 e. The Balaban J connectivity index is 2.11. The molecular formula is C24H30BrNO4. The maximum Gasteiger partial charge on any atom is 0.336 e. The number of esters is 1. The van der Waals surface area contributed by atoms with Crippen molar-refractivity contribution in [3.8, 4) is 5.75 Å². The second kappa shape index (κ2) is 8.96. The molecule has 0 unspecified atom stereocenters. The minimum atomic E-state index is -0.457. The number of ether oxygens (including phenoxy) is 2. The number of nitrogens with one attached hydrogen (secondary N) is 1. The lowest BCUT2D eigenvalue weighted by molar-refractivity contribution is -0.139. The number of rotatable bonds is 6. The molecule has 2 aliphatic rings. The summed E-state index contributed by atoms with van der Waals surface area (Å²) >= 11 is 3.54. The molecule has 1 N–H and O–H groups in total. The standard InChI is InChI=1S/C24H30BrNO4/c1-6-7-10-30-23(28)20-14(2)26-17-12-24(3,4)13-18(27)22(17)21(20)15-8-9-19(29-5)16(25)11-15/h8-9,11,21,26H,6-7,10,12-13H2,1-5H3/t21-/m0/s1. The maximum absolute atomic E-state index is 13.3. The van der Waals surface area contributed by atoms with E-state index in [-0.39, 0.29) is 17.2 Å². The smallest absolute Gasteiger partial charge is 0.336 e. The van der Waals surface area contributed by atoms with Crippen LogP contribution in [0.1, 0.15) is 64.9 Å². The van der Waals surface area contributed by atoms with E-state index in [4.69, 9.17) is 9.47 Å². The summed E-state index contributed by atoms with van der Waals surface area (Å²) in [6.07, 6.45) is 2.97. The number of Topliss-reactive ketones (excluding diaryl/α,β-unsaturated/α-hetero) is 1. The third-order valence-electron chi connectivity index (χ3n) is 5.70. The molecule has 1 aromatic rings. The normalized spacial score (nSPS) is 20.6. The molecular weight excluding hydrogens is 446 g/mol. The highest BCUT2D eigenvalue weighted by atomic mass is 79.9. The Morgan fingerprint density at radius 1 is 1.30 bits per heavy atom. The number of ketones is 1. The Bertz CT molecular complexity index is 929. The molecule has 1 aliphatic heterocycles. The summed E-state index contributed by atoms with van der Waals surface area (Å²) in [7, 11) is 1.61. The number of dihydropyridines is 1. The van der Waals surface area contributed by atoms with E-state index in [9.17, 15) is 9.59 Å². The summed E-state index contributed by atoms with van der Waals surface area (Å²) in [5.74, 6) is -0.0430. The van der Waals surface area contributed by atoms with Gasteiger partial charge in [-0.05, 0) is 58.8 Å². The lowest BCUT2D eigenvalue weighted by atomic mass is 9.68. The van der Waals surface area contributed by atoms with Crippen LogP contribution in [0.25, 0.3) is 0 Å². The zero-order chi connectivity index (χ0) is 22.1. The summed E-state index contributed by atoms with van der Waals surface area (Å²) in [5, 5.41) is 3.36. The average molecular weight is 476 g/mol. The van der Waals surface area contributed by atoms with Gasteiger partial charge >= 0.3 is 5.97 Å². The van der Waals surface area contributed by atoms with Gasteiger partial charge in [0.25, 0.3) is 0 Å². The number of carbonyl (C=O) groups is 2. The number of halogens is 1. The second-order valence-corrected chi connectivity index (χ2v) is 9.67. The molecule has 162 valence electrons. The average Bonchev–Trinajstić information content (AvgIpc) is 2.65.